The molecule has 0 saturated heterocycles. The molecule has 0 bridgehead atoms. The molecule has 2 aromatic heterocycles. The quantitative estimate of drug-likeness (QED) is 0.540. The number of carbonyl (C=O) groups excluding carboxylic acids is 1. The second kappa shape index (κ2) is 9.76. The second-order valence-electron chi connectivity index (χ2n) is 7.31. The van der Waals surface area contributed by atoms with Crippen LogP contribution in [0.25, 0.3) is 11.3 Å². The molecule has 1 N–H and O–H groups in total. The van der Waals surface area contributed by atoms with Crippen molar-refractivity contribution in [2.45, 2.75) is 39.1 Å². The molecule has 32 heavy (non-hydrogen) atoms. The Morgan fingerprint density at radius 3 is 2.50 bits per heavy atom. The van der Waals surface area contributed by atoms with E-state index in [1.807, 2.05) is 37.4 Å². The summed E-state index contributed by atoms with van der Waals surface area (Å²) < 4.78 is 27.8. The summed E-state index contributed by atoms with van der Waals surface area (Å²) in [6.45, 7) is 7.85. The Hall–Kier alpha value is -2.82. The number of carbonyl (C=O) groups is 1. The van der Waals surface area contributed by atoms with Crippen LogP contribution in [0.15, 0.2) is 51.6 Å². The molecule has 0 saturated carbocycles. The molecule has 0 unspecified atom stereocenters. The third kappa shape index (κ3) is 5.14. The second-order valence-corrected chi connectivity index (χ2v) is 10.1. The van der Waals surface area contributed by atoms with E-state index in [0.717, 1.165) is 27.5 Å². The molecule has 0 atom stereocenters. The van der Waals surface area contributed by atoms with Crippen LogP contribution >= 0.6 is 11.3 Å². The topological polar surface area (TPSA) is 101 Å². The maximum absolute atomic E-state index is 12.7. The molecule has 0 radical (unpaired) electrons. The maximum Gasteiger partial charge on any atom is 0.251 e. The number of nitrogens with one attached hydrogen (secondary N) is 1. The monoisotopic (exact) mass is 474 g/mol. The van der Waals surface area contributed by atoms with E-state index in [2.05, 4.69) is 10.3 Å². The van der Waals surface area contributed by atoms with Gasteiger partial charge in [-0.3, -0.25) is 9.59 Å². The lowest BCUT2D eigenvalue weighted by atomic mass is 10.1. The van der Waals surface area contributed by atoms with E-state index in [4.69, 9.17) is 0 Å². The van der Waals surface area contributed by atoms with Gasteiger partial charge in [0.25, 0.3) is 5.56 Å². The highest BCUT2D eigenvalue weighted by atomic mass is 32.2. The number of anilines is 1. The fourth-order valence-corrected chi connectivity index (χ4v) is 5.39. The first kappa shape index (κ1) is 23.8. The SMILES string of the molecule is CCN(CC)S(=O)(=O)c1ccc(=O)n(CC(=O)Nc2nc(-c3ccc(C)c(C)c3)cs2)c1. The summed E-state index contributed by atoms with van der Waals surface area (Å²) in [7, 11) is -3.74. The Balaban J connectivity index is 1.76. The minimum Gasteiger partial charge on any atom is -0.305 e. The number of aryl methyl sites for hydroxylation is 2. The molecule has 170 valence electrons. The molecular formula is C22H26N4O4S2. The molecular weight excluding hydrogens is 448 g/mol. The number of amides is 1. The van der Waals surface area contributed by atoms with Crippen LogP contribution in [-0.4, -0.2) is 41.3 Å². The van der Waals surface area contributed by atoms with Crippen LogP contribution in [0.3, 0.4) is 0 Å². The van der Waals surface area contributed by atoms with E-state index in [9.17, 15) is 18.0 Å². The average molecular weight is 475 g/mol. The number of nitrogens with zero attached hydrogens (tertiary/aromatic N) is 3. The normalized spacial score (nSPS) is 11.7. The predicted molar refractivity (Wildman–Crippen MR) is 126 cm³/mol. The highest BCUT2D eigenvalue weighted by Crippen LogP contribution is 2.26. The predicted octanol–water partition coefficient (Wildman–Crippen LogP) is 3.26. The molecule has 3 aromatic rings. The van der Waals surface area contributed by atoms with E-state index < -0.39 is 21.5 Å². The Morgan fingerprint density at radius 2 is 1.84 bits per heavy atom. The molecule has 2 heterocycles. The summed E-state index contributed by atoms with van der Waals surface area (Å²) in [4.78, 5) is 29.2. The molecule has 10 heteroatoms. The molecule has 3 rings (SSSR count). The number of benzene rings is 1. The van der Waals surface area contributed by atoms with Crippen molar-refractivity contribution in [1.82, 2.24) is 13.9 Å². The van der Waals surface area contributed by atoms with Gasteiger partial charge < -0.3 is 9.88 Å². The van der Waals surface area contributed by atoms with Gasteiger partial charge in [-0.1, -0.05) is 26.0 Å². The van der Waals surface area contributed by atoms with Crippen LogP contribution in [0.1, 0.15) is 25.0 Å². The van der Waals surface area contributed by atoms with Crippen molar-refractivity contribution in [3.63, 3.8) is 0 Å². The number of sulfonamides is 1. The van der Waals surface area contributed by atoms with Crippen LogP contribution in [0.5, 0.6) is 0 Å². The Morgan fingerprint density at radius 1 is 1.12 bits per heavy atom. The summed E-state index contributed by atoms with van der Waals surface area (Å²) in [6, 6.07) is 8.46. The molecule has 0 aliphatic carbocycles. The summed E-state index contributed by atoms with van der Waals surface area (Å²) in [6.07, 6.45) is 1.21. The average Bonchev–Trinajstić information content (AvgIpc) is 3.20. The zero-order chi connectivity index (χ0) is 23.5. The smallest absolute Gasteiger partial charge is 0.251 e. The zero-order valence-corrected chi connectivity index (χ0v) is 20.1. The number of thiazole rings is 1. The molecule has 0 aliphatic heterocycles. The van der Waals surface area contributed by atoms with Crippen molar-refractivity contribution in [2.75, 3.05) is 18.4 Å². The summed E-state index contributed by atoms with van der Waals surface area (Å²) in [5.74, 6) is -0.467. The molecule has 0 spiro atoms. The van der Waals surface area contributed by atoms with Crippen LogP contribution in [0, 0.1) is 13.8 Å². The van der Waals surface area contributed by atoms with Crippen LogP contribution in [-0.2, 0) is 21.4 Å². The maximum atomic E-state index is 12.7. The summed E-state index contributed by atoms with van der Waals surface area (Å²) >= 11 is 1.28. The van der Waals surface area contributed by atoms with Crippen molar-refractivity contribution in [2.24, 2.45) is 0 Å². The minimum atomic E-state index is -3.74. The number of pyridine rings is 1. The first-order valence-corrected chi connectivity index (χ1v) is 12.5. The first-order chi connectivity index (χ1) is 15.1. The van der Waals surface area contributed by atoms with Gasteiger partial charge in [-0.05, 0) is 37.1 Å². The number of rotatable bonds is 8. The Labute approximate surface area is 191 Å². The van der Waals surface area contributed by atoms with Gasteiger partial charge in [-0.25, -0.2) is 13.4 Å². The van der Waals surface area contributed by atoms with E-state index in [-0.39, 0.29) is 11.4 Å². The lowest BCUT2D eigenvalue weighted by molar-refractivity contribution is -0.116. The fourth-order valence-electron chi connectivity index (χ4n) is 3.18. The van der Waals surface area contributed by atoms with E-state index in [1.54, 1.807) is 13.8 Å². The van der Waals surface area contributed by atoms with Gasteiger partial charge in [-0.2, -0.15) is 4.31 Å². The minimum absolute atomic E-state index is 0.0279. The van der Waals surface area contributed by atoms with Crippen molar-refractivity contribution in [3.05, 3.63) is 63.4 Å². The number of hydrogen-bond acceptors (Lipinski definition) is 6. The zero-order valence-electron chi connectivity index (χ0n) is 18.5. The van der Waals surface area contributed by atoms with Crippen LogP contribution < -0.4 is 10.9 Å². The van der Waals surface area contributed by atoms with Gasteiger partial charge in [0.05, 0.1) is 10.6 Å². The van der Waals surface area contributed by atoms with Crippen LogP contribution in [0.4, 0.5) is 5.13 Å². The third-order valence-corrected chi connectivity index (χ3v) is 7.96. The van der Waals surface area contributed by atoms with Gasteiger partial charge in [0.1, 0.15) is 6.54 Å². The largest absolute Gasteiger partial charge is 0.305 e. The van der Waals surface area contributed by atoms with Gasteiger partial charge in [0.2, 0.25) is 15.9 Å². The van der Waals surface area contributed by atoms with Crippen molar-refractivity contribution in [3.8, 4) is 11.3 Å². The highest BCUT2D eigenvalue weighted by molar-refractivity contribution is 7.89. The van der Waals surface area contributed by atoms with E-state index >= 15 is 0 Å². The third-order valence-electron chi connectivity index (χ3n) is 5.17. The first-order valence-electron chi connectivity index (χ1n) is 10.2. The van der Waals surface area contributed by atoms with E-state index in [0.29, 0.717) is 18.2 Å². The summed E-state index contributed by atoms with van der Waals surface area (Å²) in [5.41, 5.74) is 3.58. The van der Waals surface area contributed by atoms with Gasteiger partial charge in [0, 0.05) is 36.3 Å². The lowest BCUT2D eigenvalue weighted by Crippen LogP contribution is -2.33. The molecule has 0 aliphatic rings. The van der Waals surface area contributed by atoms with Crippen molar-refractivity contribution < 1.29 is 13.2 Å². The molecule has 1 amide bonds. The molecule has 0 fully saturated rings. The van der Waals surface area contributed by atoms with Gasteiger partial charge >= 0.3 is 0 Å². The van der Waals surface area contributed by atoms with Crippen molar-refractivity contribution >= 4 is 32.4 Å². The molecule has 1 aromatic carbocycles. The van der Waals surface area contributed by atoms with Gasteiger partial charge in [0.15, 0.2) is 5.13 Å². The number of aromatic nitrogens is 2. The highest BCUT2D eigenvalue weighted by Gasteiger charge is 2.22. The molecule has 8 nitrogen and oxygen atoms in total. The summed E-state index contributed by atoms with van der Waals surface area (Å²) in [5, 5.41) is 4.94. The number of hydrogen-bond donors (Lipinski definition) is 1. The van der Waals surface area contributed by atoms with Gasteiger partial charge in [-0.15, -0.1) is 11.3 Å². The van der Waals surface area contributed by atoms with E-state index in [1.165, 1.54) is 33.5 Å². The van der Waals surface area contributed by atoms with Crippen molar-refractivity contribution in [1.29, 1.82) is 0 Å². The Kier molecular flexibility index (Phi) is 7.27. The standard InChI is InChI=1S/C22H26N4O4S2/c1-5-26(6-2)32(29,30)18-9-10-21(28)25(12-18)13-20(27)24-22-23-19(14-31-22)17-8-7-15(3)16(4)11-17/h7-12,14H,5-6,13H2,1-4H3,(H,23,24,27). The Bertz CT molecular complexity index is 1290. The fraction of sp³-hybridized carbons (Fsp3) is 0.318. The lowest BCUT2D eigenvalue weighted by Gasteiger charge is -2.18. The van der Waals surface area contributed by atoms with Crippen LogP contribution in [0.2, 0.25) is 0 Å².